The highest BCUT2D eigenvalue weighted by molar-refractivity contribution is 5.64. The van der Waals surface area contributed by atoms with Crippen molar-refractivity contribution in [1.82, 2.24) is 4.98 Å². The van der Waals surface area contributed by atoms with Crippen molar-refractivity contribution in [3.05, 3.63) is 79.1 Å². The monoisotopic (exact) mass is 247 g/mol. The molecule has 2 nitrogen and oxygen atoms in total. The highest BCUT2D eigenvalue weighted by Crippen LogP contribution is 2.25. The largest absolute Gasteiger partial charge is 0.456 e. The lowest BCUT2D eigenvalue weighted by Gasteiger charge is -2.06. The lowest BCUT2D eigenvalue weighted by atomic mass is 10.1. The van der Waals surface area contributed by atoms with Crippen LogP contribution in [-0.4, -0.2) is 4.98 Å². The third kappa shape index (κ3) is 2.80. The van der Waals surface area contributed by atoms with Gasteiger partial charge in [-0.1, -0.05) is 42.5 Å². The number of benzene rings is 2. The van der Waals surface area contributed by atoms with Crippen LogP contribution < -0.4 is 4.74 Å². The van der Waals surface area contributed by atoms with E-state index in [2.05, 4.69) is 29.2 Å². The molecule has 92 valence electrons. The van der Waals surface area contributed by atoms with E-state index in [0.717, 1.165) is 11.5 Å². The standard InChI is InChI=1S/C17H13NO/c1-2-5-14(6-3-1)15-8-10-16(11-9-15)19-17-7-4-12-18-13-17/h1-13H. The van der Waals surface area contributed by atoms with Crippen molar-refractivity contribution in [3.8, 4) is 22.6 Å². The first-order chi connectivity index (χ1) is 9.42. The molecule has 0 atom stereocenters. The second-order valence-corrected chi connectivity index (χ2v) is 4.18. The van der Waals surface area contributed by atoms with Crippen LogP contribution in [0.4, 0.5) is 0 Å². The van der Waals surface area contributed by atoms with Gasteiger partial charge in [-0.3, -0.25) is 4.98 Å². The van der Waals surface area contributed by atoms with Crippen LogP contribution in [-0.2, 0) is 0 Å². The van der Waals surface area contributed by atoms with Gasteiger partial charge in [0.1, 0.15) is 11.5 Å². The minimum absolute atomic E-state index is 0.745. The third-order valence-corrected chi connectivity index (χ3v) is 2.83. The molecule has 0 aliphatic rings. The summed E-state index contributed by atoms with van der Waals surface area (Å²) < 4.78 is 5.71. The number of rotatable bonds is 3. The van der Waals surface area contributed by atoms with E-state index < -0.39 is 0 Å². The molecule has 2 aromatic carbocycles. The average Bonchev–Trinajstić information content (AvgIpc) is 2.50. The quantitative estimate of drug-likeness (QED) is 0.677. The van der Waals surface area contributed by atoms with Gasteiger partial charge in [-0.2, -0.15) is 0 Å². The van der Waals surface area contributed by atoms with Crippen molar-refractivity contribution in [2.45, 2.75) is 0 Å². The van der Waals surface area contributed by atoms with Gasteiger partial charge in [-0.05, 0) is 35.4 Å². The number of nitrogens with zero attached hydrogens (tertiary/aromatic N) is 1. The molecule has 0 fully saturated rings. The van der Waals surface area contributed by atoms with Gasteiger partial charge in [-0.25, -0.2) is 0 Å². The van der Waals surface area contributed by atoms with E-state index in [1.165, 1.54) is 11.1 Å². The lowest BCUT2D eigenvalue weighted by molar-refractivity contribution is 0.480. The molecule has 0 amide bonds. The van der Waals surface area contributed by atoms with Crippen LogP contribution >= 0.6 is 0 Å². The molecule has 2 heteroatoms. The summed E-state index contributed by atoms with van der Waals surface area (Å²) in [5.74, 6) is 1.56. The first-order valence-electron chi connectivity index (χ1n) is 6.15. The summed E-state index contributed by atoms with van der Waals surface area (Å²) in [6, 6.07) is 22.1. The molecule has 0 unspecified atom stereocenters. The van der Waals surface area contributed by atoms with Crippen molar-refractivity contribution in [2.75, 3.05) is 0 Å². The first kappa shape index (κ1) is 11.5. The van der Waals surface area contributed by atoms with Crippen LogP contribution in [0, 0.1) is 0 Å². The molecule has 0 bridgehead atoms. The average molecular weight is 247 g/mol. The van der Waals surface area contributed by atoms with Crippen LogP contribution in [0.5, 0.6) is 11.5 Å². The Bertz CT molecular complexity index is 633. The van der Waals surface area contributed by atoms with Crippen LogP contribution in [0.1, 0.15) is 0 Å². The van der Waals surface area contributed by atoms with Gasteiger partial charge < -0.3 is 4.74 Å². The van der Waals surface area contributed by atoms with Gasteiger partial charge in [0.25, 0.3) is 0 Å². The molecule has 1 aromatic heterocycles. The van der Waals surface area contributed by atoms with E-state index in [1.807, 2.05) is 42.5 Å². The van der Waals surface area contributed by atoms with E-state index in [1.54, 1.807) is 12.4 Å². The van der Waals surface area contributed by atoms with Crippen LogP contribution in [0.3, 0.4) is 0 Å². The Hall–Kier alpha value is -2.61. The Kier molecular flexibility index (Phi) is 3.24. The first-order valence-corrected chi connectivity index (χ1v) is 6.15. The number of ether oxygens (including phenoxy) is 1. The minimum Gasteiger partial charge on any atom is -0.456 e. The van der Waals surface area contributed by atoms with Crippen LogP contribution in [0.15, 0.2) is 79.1 Å². The molecule has 0 spiro atoms. The summed E-state index contributed by atoms with van der Waals surface area (Å²) in [4.78, 5) is 4.02. The Balaban J connectivity index is 1.80. The summed E-state index contributed by atoms with van der Waals surface area (Å²) in [6.45, 7) is 0. The Morgan fingerprint density at radius 1 is 0.632 bits per heavy atom. The van der Waals surface area contributed by atoms with Gasteiger partial charge >= 0.3 is 0 Å². The number of hydrogen-bond acceptors (Lipinski definition) is 2. The summed E-state index contributed by atoms with van der Waals surface area (Å²) in [7, 11) is 0. The van der Waals surface area contributed by atoms with Crippen LogP contribution in [0.2, 0.25) is 0 Å². The molecule has 1 heterocycles. The summed E-state index contributed by atoms with van der Waals surface area (Å²) in [6.07, 6.45) is 3.43. The van der Waals surface area contributed by atoms with Crippen molar-refractivity contribution in [2.24, 2.45) is 0 Å². The summed E-state index contributed by atoms with van der Waals surface area (Å²) in [5, 5.41) is 0. The minimum atomic E-state index is 0.745. The Morgan fingerprint density at radius 2 is 1.37 bits per heavy atom. The zero-order valence-corrected chi connectivity index (χ0v) is 10.4. The molecule has 0 radical (unpaired) electrons. The fourth-order valence-corrected chi connectivity index (χ4v) is 1.89. The Labute approximate surface area is 112 Å². The predicted octanol–water partition coefficient (Wildman–Crippen LogP) is 4.54. The van der Waals surface area contributed by atoms with Crippen LogP contribution in [0.25, 0.3) is 11.1 Å². The number of pyridine rings is 1. The number of hydrogen-bond donors (Lipinski definition) is 0. The molecule has 0 saturated carbocycles. The predicted molar refractivity (Wildman–Crippen MR) is 76.2 cm³/mol. The topological polar surface area (TPSA) is 22.1 Å². The smallest absolute Gasteiger partial charge is 0.145 e. The van der Waals surface area contributed by atoms with Gasteiger partial charge in [0, 0.05) is 6.20 Å². The van der Waals surface area contributed by atoms with E-state index in [9.17, 15) is 0 Å². The maximum Gasteiger partial charge on any atom is 0.145 e. The maximum absolute atomic E-state index is 5.71. The van der Waals surface area contributed by atoms with E-state index in [4.69, 9.17) is 4.74 Å². The van der Waals surface area contributed by atoms with E-state index in [0.29, 0.717) is 0 Å². The molecule has 19 heavy (non-hydrogen) atoms. The SMILES string of the molecule is c1ccc(-c2ccc(Oc3cccnc3)cc2)cc1. The fraction of sp³-hybridized carbons (Fsp3) is 0. The zero-order valence-electron chi connectivity index (χ0n) is 10.4. The van der Waals surface area contributed by atoms with Gasteiger partial charge in [-0.15, -0.1) is 0 Å². The highest BCUT2D eigenvalue weighted by Gasteiger charge is 1.99. The molecule has 0 aliphatic carbocycles. The van der Waals surface area contributed by atoms with E-state index in [-0.39, 0.29) is 0 Å². The molecule has 0 saturated heterocycles. The molecular weight excluding hydrogens is 234 g/mol. The normalized spacial score (nSPS) is 10.1. The Morgan fingerprint density at radius 3 is 2.05 bits per heavy atom. The molecule has 0 N–H and O–H groups in total. The summed E-state index contributed by atoms with van der Waals surface area (Å²) >= 11 is 0. The third-order valence-electron chi connectivity index (χ3n) is 2.83. The van der Waals surface area contributed by atoms with Gasteiger partial charge in [0.05, 0.1) is 6.20 Å². The van der Waals surface area contributed by atoms with Crippen molar-refractivity contribution >= 4 is 0 Å². The van der Waals surface area contributed by atoms with E-state index >= 15 is 0 Å². The van der Waals surface area contributed by atoms with Gasteiger partial charge in [0.2, 0.25) is 0 Å². The fourth-order valence-electron chi connectivity index (χ4n) is 1.89. The second-order valence-electron chi connectivity index (χ2n) is 4.18. The molecule has 3 aromatic rings. The zero-order chi connectivity index (χ0) is 12.9. The summed E-state index contributed by atoms with van der Waals surface area (Å²) in [5.41, 5.74) is 2.38. The van der Waals surface area contributed by atoms with Crippen molar-refractivity contribution in [1.29, 1.82) is 0 Å². The van der Waals surface area contributed by atoms with Crippen molar-refractivity contribution < 1.29 is 4.74 Å². The molecular formula is C17H13NO. The second kappa shape index (κ2) is 5.36. The molecule has 0 aliphatic heterocycles. The van der Waals surface area contributed by atoms with Gasteiger partial charge in [0.15, 0.2) is 0 Å². The number of aromatic nitrogens is 1. The highest BCUT2D eigenvalue weighted by atomic mass is 16.5. The molecule has 3 rings (SSSR count). The maximum atomic E-state index is 5.71. The van der Waals surface area contributed by atoms with Crippen molar-refractivity contribution in [3.63, 3.8) is 0 Å². The lowest BCUT2D eigenvalue weighted by Crippen LogP contribution is -1.84.